The number of ether oxygens (including phenoxy) is 1. The Labute approximate surface area is 161 Å². The van der Waals surface area contributed by atoms with Crippen molar-refractivity contribution in [1.82, 2.24) is 4.90 Å². The van der Waals surface area contributed by atoms with Gasteiger partial charge in [0.1, 0.15) is 5.75 Å². The number of piperidine rings is 1. The second-order valence-electron chi connectivity index (χ2n) is 6.98. The van der Waals surface area contributed by atoms with Crippen molar-refractivity contribution in [2.24, 2.45) is 0 Å². The van der Waals surface area contributed by atoms with Crippen LogP contribution in [0.2, 0.25) is 5.02 Å². The van der Waals surface area contributed by atoms with Gasteiger partial charge in [0, 0.05) is 37.1 Å². The van der Waals surface area contributed by atoms with Crippen molar-refractivity contribution in [1.29, 1.82) is 0 Å². The van der Waals surface area contributed by atoms with Gasteiger partial charge in [-0.2, -0.15) is 0 Å². The van der Waals surface area contributed by atoms with Crippen LogP contribution in [-0.2, 0) is 6.54 Å². The third kappa shape index (κ3) is 4.43. The fourth-order valence-corrected chi connectivity index (χ4v) is 3.75. The third-order valence-electron chi connectivity index (χ3n) is 5.24. The highest BCUT2D eigenvalue weighted by Gasteiger charge is 2.22. The minimum absolute atomic E-state index is 0.600. The molecule has 2 aromatic carbocycles. The average Bonchev–Trinajstić information content (AvgIpc) is 2.67. The van der Waals surface area contributed by atoms with Crippen molar-refractivity contribution in [2.45, 2.75) is 25.4 Å². The summed E-state index contributed by atoms with van der Waals surface area (Å²) in [5, 5.41) is 4.12. The van der Waals surface area contributed by atoms with Gasteiger partial charge >= 0.3 is 0 Å². The molecule has 1 saturated heterocycles. The van der Waals surface area contributed by atoms with E-state index in [9.17, 15) is 0 Å². The molecule has 4 nitrogen and oxygen atoms in total. The van der Waals surface area contributed by atoms with Crippen LogP contribution in [0.1, 0.15) is 18.4 Å². The first-order chi connectivity index (χ1) is 12.6. The van der Waals surface area contributed by atoms with Crippen LogP contribution in [0.25, 0.3) is 0 Å². The van der Waals surface area contributed by atoms with Gasteiger partial charge in [-0.1, -0.05) is 29.8 Å². The van der Waals surface area contributed by atoms with Crippen LogP contribution in [-0.4, -0.2) is 45.2 Å². The summed E-state index contributed by atoms with van der Waals surface area (Å²) in [5.41, 5.74) is 3.60. The Morgan fingerprint density at radius 2 is 1.92 bits per heavy atom. The van der Waals surface area contributed by atoms with E-state index in [2.05, 4.69) is 53.5 Å². The molecule has 3 rings (SSSR count). The molecule has 0 atom stereocenters. The summed E-state index contributed by atoms with van der Waals surface area (Å²) in [4.78, 5) is 4.86. The molecule has 1 heterocycles. The number of methoxy groups -OCH3 is 1. The summed E-state index contributed by atoms with van der Waals surface area (Å²) >= 11 is 6.11. The quantitative estimate of drug-likeness (QED) is 0.807. The SMILES string of the molecule is COc1cc(NCc2ccccc2N(C)C2CCN(C)CC2)ccc1Cl. The van der Waals surface area contributed by atoms with Crippen LogP contribution in [0.4, 0.5) is 11.4 Å². The molecular weight excluding hydrogens is 346 g/mol. The number of para-hydroxylation sites is 1. The summed E-state index contributed by atoms with van der Waals surface area (Å²) in [6.07, 6.45) is 2.42. The Hall–Kier alpha value is -1.91. The Balaban J connectivity index is 1.71. The molecule has 1 fully saturated rings. The number of nitrogens with one attached hydrogen (secondary N) is 1. The Morgan fingerprint density at radius 1 is 1.19 bits per heavy atom. The summed E-state index contributed by atoms with van der Waals surface area (Å²) in [6, 6.07) is 15.0. The predicted octanol–water partition coefficient (Wildman–Crippen LogP) is 4.49. The number of halogens is 1. The summed E-state index contributed by atoms with van der Waals surface area (Å²) in [6.45, 7) is 3.10. The Kier molecular flexibility index (Phi) is 6.28. The van der Waals surface area contributed by atoms with E-state index in [0.717, 1.165) is 12.2 Å². The van der Waals surface area contributed by atoms with E-state index in [1.807, 2.05) is 18.2 Å². The molecule has 140 valence electrons. The van der Waals surface area contributed by atoms with Crippen molar-refractivity contribution in [2.75, 3.05) is 44.5 Å². The maximum Gasteiger partial charge on any atom is 0.139 e. The van der Waals surface area contributed by atoms with Crippen LogP contribution >= 0.6 is 11.6 Å². The molecule has 1 N–H and O–H groups in total. The Morgan fingerprint density at radius 3 is 2.65 bits per heavy atom. The van der Waals surface area contributed by atoms with Crippen molar-refractivity contribution < 1.29 is 4.74 Å². The van der Waals surface area contributed by atoms with Gasteiger partial charge in [0.25, 0.3) is 0 Å². The van der Waals surface area contributed by atoms with Crippen molar-refractivity contribution in [3.63, 3.8) is 0 Å². The van der Waals surface area contributed by atoms with Crippen LogP contribution in [0.5, 0.6) is 5.75 Å². The number of likely N-dealkylation sites (tertiary alicyclic amines) is 1. The van der Waals surface area contributed by atoms with Gasteiger partial charge in [0.2, 0.25) is 0 Å². The minimum Gasteiger partial charge on any atom is -0.495 e. The molecule has 0 aromatic heterocycles. The molecule has 0 amide bonds. The zero-order valence-corrected chi connectivity index (χ0v) is 16.6. The van der Waals surface area contributed by atoms with Crippen molar-refractivity contribution >= 4 is 23.0 Å². The largest absolute Gasteiger partial charge is 0.495 e. The smallest absolute Gasteiger partial charge is 0.139 e. The number of rotatable bonds is 6. The fourth-order valence-electron chi connectivity index (χ4n) is 3.55. The molecular formula is C21H28ClN3O. The van der Waals surface area contributed by atoms with Crippen LogP contribution in [0.3, 0.4) is 0 Å². The zero-order valence-electron chi connectivity index (χ0n) is 15.8. The molecule has 0 saturated carbocycles. The zero-order chi connectivity index (χ0) is 18.5. The van der Waals surface area contributed by atoms with Gasteiger partial charge in [-0.15, -0.1) is 0 Å². The van der Waals surface area contributed by atoms with Gasteiger partial charge in [-0.3, -0.25) is 0 Å². The number of nitrogens with zero attached hydrogens (tertiary/aromatic N) is 2. The fraction of sp³-hybridized carbons (Fsp3) is 0.429. The van der Waals surface area contributed by atoms with Crippen molar-refractivity contribution in [3.05, 3.63) is 53.1 Å². The number of anilines is 2. The van der Waals surface area contributed by atoms with E-state index >= 15 is 0 Å². The second kappa shape index (κ2) is 8.65. The van der Waals surface area contributed by atoms with Gasteiger partial charge in [-0.05, 0) is 56.7 Å². The molecule has 0 radical (unpaired) electrons. The van der Waals surface area contributed by atoms with E-state index in [4.69, 9.17) is 16.3 Å². The molecule has 26 heavy (non-hydrogen) atoms. The van der Waals surface area contributed by atoms with Crippen LogP contribution < -0.4 is 15.0 Å². The summed E-state index contributed by atoms with van der Waals surface area (Å²) in [5.74, 6) is 0.688. The monoisotopic (exact) mass is 373 g/mol. The van der Waals surface area contributed by atoms with E-state index in [0.29, 0.717) is 16.8 Å². The predicted molar refractivity (Wildman–Crippen MR) is 111 cm³/mol. The normalized spacial score (nSPS) is 15.7. The number of benzene rings is 2. The second-order valence-corrected chi connectivity index (χ2v) is 7.38. The van der Waals surface area contributed by atoms with Gasteiger partial charge in [0.05, 0.1) is 12.1 Å². The molecule has 5 heteroatoms. The average molecular weight is 374 g/mol. The highest BCUT2D eigenvalue weighted by molar-refractivity contribution is 6.32. The molecule has 0 bridgehead atoms. The molecule has 0 unspecified atom stereocenters. The Bertz CT molecular complexity index is 729. The number of hydrogen-bond donors (Lipinski definition) is 1. The molecule has 0 spiro atoms. The highest BCUT2D eigenvalue weighted by Crippen LogP contribution is 2.29. The van der Waals surface area contributed by atoms with Crippen LogP contribution in [0, 0.1) is 0 Å². The van der Waals surface area contributed by atoms with Gasteiger partial charge < -0.3 is 19.9 Å². The van der Waals surface area contributed by atoms with Gasteiger partial charge in [-0.25, -0.2) is 0 Å². The van der Waals surface area contributed by atoms with Crippen molar-refractivity contribution in [3.8, 4) is 5.75 Å². The maximum atomic E-state index is 6.11. The van der Waals surface area contributed by atoms with Crippen LogP contribution in [0.15, 0.2) is 42.5 Å². The first-order valence-corrected chi connectivity index (χ1v) is 9.53. The van der Waals surface area contributed by atoms with Gasteiger partial charge in [0.15, 0.2) is 0 Å². The van der Waals surface area contributed by atoms with E-state index in [-0.39, 0.29) is 0 Å². The first-order valence-electron chi connectivity index (χ1n) is 9.15. The standard InChI is InChI=1S/C21H28ClN3O/c1-24-12-10-18(11-13-24)25(2)20-7-5-4-6-16(20)15-23-17-8-9-19(22)21(14-17)26-3/h4-9,14,18,23H,10-13,15H2,1-3H3. The van der Waals surface area contributed by atoms with E-state index in [1.54, 1.807) is 7.11 Å². The lowest BCUT2D eigenvalue weighted by Gasteiger charge is -2.37. The van der Waals surface area contributed by atoms with E-state index < -0.39 is 0 Å². The van der Waals surface area contributed by atoms with E-state index in [1.165, 1.54) is 37.2 Å². The highest BCUT2D eigenvalue weighted by atomic mass is 35.5. The molecule has 2 aromatic rings. The molecule has 0 aliphatic carbocycles. The summed E-state index contributed by atoms with van der Waals surface area (Å²) in [7, 11) is 6.06. The lowest BCUT2D eigenvalue weighted by molar-refractivity contribution is 0.253. The molecule has 1 aliphatic heterocycles. The first kappa shape index (κ1) is 18.9. The minimum atomic E-state index is 0.600. The number of hydrogen-bond acceptors (Lipinski definition) is 4. The molecule has 1 aliphatic rings. The lowest BCUT2D eigenvalue weighted by Crippen LogP contribution is -2.42. The summed E-state index contributed by atoms with van der Waals surface area (Å²) < 4.78 is 5.30. The maximum absolute atomic E-state index is 6.11. The third-order valence-corrected chi connectivity index (χ3v) is 5.55. The topological polar surface area (TPSA) is 27.7 Å². The lowest BCUT2D eigenvalue weighted by atomic mass is 10.0.